The summed E-state index contributed by atoms with van der Waals surface area (Å²) in [7, 11) is 0. The second kappa shape index (κ2) is 6.87. The monoisotopic (exact) mass is 374 g/mol. The summed E-state index contributed by atoms with van der Waals surface area (Å²) in [5.41, 5.74) is 1.95. The first-order chi connectivity index (χ1) is 12.7. The van der Waals surface area contributed by atoms with Crippen molar-refractivity contribution in [3.8, 4) is 0 Å². The van der Waals surface area contributed by atoms with Crippen molar-refractivity contribution in [2.45, 2.75) is 97.5 Å². The molecule has 8 atom stereocenters. The van der Waals surface area contributed by atoms with Crippen LogP contribution >= 0.6 is 0 Å². The van der Waals surface area contributed by atoms with Gasteiger partial charge in [0.15, 0.2) is 0 Å². The number of fused-ring (bicyclic) bond motifs is 5. The molecule has 4 rings (SSSR count). The second-order valence-electron chi connectivity index (χ2n) is 11.5. The Morgan fingerprint density at radius 2 is 1.85 bits per heavy atom. The summed E-state index contributed by atoms with van der Waals surface area (Å²) in [5.74, 6) is 4.17. The molecule has 0 bridgehead atoms. The molecule has 154 valence electrons. The number of allylic oxidation sites excluding steroid dienone is 1. The normalized spacial score (nSPS) is 50.4. The first-order valence-electron chi connectivity index (χ1n) is 11.7. The fourth-order valence-corrected chi connectivity index (χ4v) is 8.39. The molecule has 3 saturated carbocycles. The molecular weight excluding hydrogens is 332 g/mol. The third-order valence-corrected chi connectivity index (χ3v) is 9.96. The molecule has 0 spiro atoms. The Morgan fingerprint density at radius 3 is 2.59 bits per heavy atom. The van der Waals surface area contributed by atoms with Crippen LogP contribution in [0.3, 0.4) is 0 Å². The molecule has 0 radical (unpaired) electrons. The summed E-state index contributed by atoms with van der Waals surface area (Å²) in [6, 6.07) is 0. The van der Waals surface area contributed by atoms with Gasteiger partial charge >= 0.3 is 0 Å². The Bertz CT molecular complexity index is 593. The molecule has 0 aromatic rings. The number of aliphatic hydroxyl groups is 2. The highest BCUT2D eigenvalue weighted by Gasteiger charge is 2.59. The summed E-state index contributed by atoms with van der Waals surface area (Å²) in [6.45, 7) is 9.98. The molecule has 2 nitrogen and oxygen atoms in total. The van der Waals surface area contributed by atoms with Gasteiger partial charge in [0.05, 0.1) is 5.60 Å². The highest BCUT2D eigenvalue weighted by molar-refractivity contribution is 5.26. The number of aliphatic hydroxyl groups excluding tert-OH is 1. The van der Waals surface area contributed by atoms with Gasteiger partial charge in [-0.15, -0.1) is 0 Å². The third-order valence-electron chi connectivity index (χ3n) is 9.96. The molecule has 0 aromatic heterocycles. The lowest BCUT2D eigenvalue weighted by molar-refractivity contribution is -0.0706. The maximum atomic E-state index is 10.6. The van der Waals surface area contributed by atoms with Crippen LogP contribution in [0.5, 0.6) is 0 Å². The minimum Gasteiger partial charge on any atom is -0.396 e. The van der Waals surface area contributed by atoms with Crippen LogP contribution < -0.4 is 0 Å². The van der Waals surface area contributed by atoms with E-state index < -0.39 is 5.60 Å². The Labute approximate surface area is 166 Å². The van der Waals surface area contributed by atoms with Crippen molar-refractivity contribution in [1.82, 2.24) is 0 Å². The van der Waals surface area contributed by atoms with Crippen LogP contribution in [-0.4, -0.2) is 22.4 Å². The average Bonchev–Trinajstić information content (AvgIpc) is 2.97. The second-order valence-corrected chi connectivity index (χ2v) is 11.5. The lowest BCUT2D eigenvalue weighted by atomic mass is 9.46. The molecule has 2 N–H and O–H groups in total. The van der Waals surface area contributed by atoms with Crippen LogP contribution in [0.1, 0.15) is 91.9 Å². The Hall–Kier alpha value is -0.340. The summed E-state index contributed by atoms with van der Waals surface area (Å²) in [6.07, 6.45) is 14.6. The molecule has 2 heteroatoms. The summed E-state index contributed by atoms with van der Waals surface area (Å²) < 4.78 is 0. The minimum absolute atomic E-state index is 0.340. The van der Waals surface area contributed by atoms with Crippen molar-refractivity contribution in [3.05, 3.63) is 11.6 Å². The maximum absolute atomic E-state index is 10.6. The standard InChI is InChI=1S/C25H42O2/c1-17(6-5-15-26)20-9-10-21-19-8-7-18-16-23(2,27)13-14-24(18,3)22(19)11-12-25(20,21)4/h7,17,19-22,26-27H,5-6,8-16H2,1-4H3/t17-,19+,20-,21+,22+,23+,24+,25-/m1/s1. The zero-order chi connectivity index (χ0) is 19.4. The summed E-state index contributed by atoms with van der Waals surface area (Å²) in [5, 5.41) is 19.9. The molecule has 0 heterocycles. The van der Waals surface area contributed by atoms with Crippen molar-refractivity contribution in [2.24, 2.45) is 40.4 Å². The van der Waals surface area contributed by atoms with E-state index in [9.17, 15) is 10.2 Å². The van der Waals surface area contributed by atoms with Gasteiger partial charge in [-0.25, -0.2) is 0 Å². The van der Waals surface area contributed by atoms with Gasteiger partial charge in [-0.3, -0.25) is 0 Å². The quantitative estimate of drug-likeness (QED) is 0.617. The fraction of sp³-hybridized carbons (Fsp3) is 0.920. The van der Waals surface area contributed by atoms with E-state index in [1.54, 1.807) is 5.57 Å². The lowest BCUT2D eigenvalue weighted by Gasteiger charge is -2.59. The number of hydrogen-bond acceptors (Lipinski definition) is 2. The van der Waals surface area contributed by atoms with Gasteiger partial charge < -0.3 is 10.2 Å². The lowest BCUT2D eigenvalue weighted by Crippen LogP contribution is -2.52. The summed E-state index contributed by atoms with van der Waals surface area (Å²) in [4.78, 5) is 0. The van der Waals surface area contributed by atoms with Crippen molar-refractivity contribution in [3.63, 3.8) is 0 Å². The highest BCUT2D eigenvalue weighted by Crippen LogP contribution is 2.67. The molecule has 27 heavy (non-hydrogen) atoms. The van der Waals surface area contributed by atoms with Gasteiger partial charge in [0.25, 0.3) is 0 Å². The van der Waals surface area contributed by atoms with Gasteiger partial charge in [-0.1, -0.05) is 32.4 Å². The van der Waals surface area contributed by atoms with E-state index in [1.165, 1.54) is 44.9 Å². The Kier molecular flexibility index (Phi) is 5.08. The van der Waals surface area contributed by atoms with E-state index in [4.69, 9.17) is 0 Å². The first kappa shape index (κ1) is 20.0. The molecule has 4 aliphatic rings. The van der Waals surface area contributed by atoms with Gasteiger partial charge in [-0.05, 0) is 112 Å². The van der Waals surface area contributed by atoms with E-state index in [-0.39, 0.29) is 0 Å². The molecule has 0 aliphatic heterocycles. The number of hydrogen-bond donors (Lipinski definition) is 2. The molecule has 4 aliphatic carbocycles. The van der Waals surface area contributed by atoms with Crippen LogP contribution in [0.2, 0.25) is 0 Å². The first-order valence-corrected chi connectivity index (χ1v) is 11.7. The molecular formula is C25H42O2. The zero-order valence-electron chi connectivity index (χ0n) is 18.1. The van der Waals surface area contributed by atoms with Crippen LogP contribution in [-0.2, 0) is 0 Å². The highest BCUT2D eigenvalue weighted by atomic mass is 16.3. The van der Waals surface area contributed by atoms with Gasteiger partial charge in [0.1, 0.15) is 0 Å². The fourth-order valence-electron chi connectivity index (χ4n) is 8.39. The SMILES string of the molecule is C[C@H](CCCO)[C@H]1CC[C@H]2[C@@H]3CC=C4C[C@@](C)(O)CC[C@]4(C)[C@H]3CC[C@]12C. The summed E-state index contributed by atoms with van der Waals surface area (Å²) >= 11 is 0. The minimum atomic E-state index is -0.484. The van der Waals surface area contributed by atoms with Crippen LogP contribution in [0.25, 0.3) is 0 Å². The molecule has 3 fully saturated rings. The topological polar surface area (TPSA) is 40.5 Å². The predicted molar refractivity (Wildman–Crippen MR) is 111 cm³/mol. The van der Waals surface area contributed by atoms with E-state index in [2.05, 4.69) is 26.8 Å². The zero-order valence-corrected chi connectivity index (χ0v) is 18.1. The van der Waals surface area contributed by atoms with Crippen molar-refractivity contribution < 1.29 is 10.2 Å². The van der Waals surface area contributed by atoms with E-state index in [0.717, 1.165) is 48.9 Å². The Morgan fingerprint density at radius 1 is 1.07 bits per heavy atom. The molecule has 0 amide bonds. The van der Waals surface area contributed by atoms with Gasteiger partial charge in [0.2, 0.25) is 0 Å². The Balaban J connectivity index is 1.56. The average molecular weight is 375 g/mol. The molecule has 0 aromatic carbocycles. The van der Waals surface area contributed by atoms with Crippen LogP contribution in [0, 0.1) is 40.4 Å². The number of rotatable bonds is 4. The smallest absolute Gasteiger partial charge is 0.0657 e. The van der Waals surface area contributed by atoms with E-state index >= 15 is 0 Å². The molecule has 0 saturated heterocycles. The van der Waals surface area contributed by atoms with Gasteiger partial charge in [-0.2, -0.15) is 0 Å². The maximum Gasteiger partial charge on any atom is 0.0657 e. The largest absolute Gasteiger partial charge is 0.396 e. The van der Waals surface area contributed by atoms with Crippen LogP contribution in [0.15, 0.2) is 11.6 Å². The van der Waals surface area contributed by atoms with Crippen molar-refractivity contribution in [1.29, 1.82) is 0 Å². The molecule has 0 unspecified atom stereocenters. The van der Waals surface area contributed by atoms with Crippen LogP contribution in [0.4, 0.5) is 0 Å². The third kappa shape index (κ3) is 3.14. The van der Waals surface area contributed by atoms with E-state index in [1.807, 2.05) is 6.92 Å². The van der Waals surface area contributed by atoms with Crippen molar-refractivity contribution >= 4 is 0 Å². The predicted octanol–water partition coefficient (Wildman–Crippen LogP) is 5.73. The van der Waals surface area contributed by atoms with Crippen molar-refractivity contribution in [2.75, 3.05) is 6.61 Å². The van der Waals surface area contributed by atoms with Gasteiger partial charge in [0, 0.05) is 6.61 Å². The van der Waals surface area contributed by atoms with E-state index in [0.29, 0.717) is 17.4 Å².